The zero-order chi connectivity index (χ0) is 12.5. The Morgan fingerprint density at radius 2 is 2.29 bits per heavy atom. The number of rotatable bonds is 3. The highest BCUT2D eigenvalue weighted by Crippen LogP contribution is 2.42. The Morgan fingerprint density at radius 1 is 1.53 bits per heavy atom. The second-order valence-electron chi connectivity index (χ2n) is 4.74. The first kappa shape index (κ1) is 12.8. The molecule has 2 atom stereocenters. The van der Waals surface area contributed by atoms with Crippen molar-refractivity contribution in [3.63, 3.8) is 0 Å². The third-order valence-corrected chi connectivity index (χ3v) is 4.01. The molecule has 1 fully saturated rings. The van der Waals surface area contributed by atoms with E-state index in [0.717, 1.165) is 12.0 Å². The summed E-state index contributed by atoms with van der Waals surface area (Å²) >= 11 is 1.59. The summed E-state index contributed by atoms with van der Waals surface area (Å²) in [5, 5.41) is 0. The van der Waals surface area contributed by atoms with Gasteiger partial charge in [0.2, 0.25) is 0 Å². The lowest BCUT2D eigenvalue weighted by Crippen LogP contribution is -2.43. The van der Waals surface area contributed by atoms with Crippen molar-refractivity contribution in [2.45, 2.75) is 30.6 Å². The zero-order valence-corrected chi connectivity index (χ0v) is 10.9. The lowest BCUT2D eigenvalue weighted by Gasteiger charge is -2.30. The molecule has 0 radical (unpaired) electrons. The average molecular weight is 255 g/mol. The summed E-state index contributed by atoms with van der Waals surface area (Å²) in [7, 11) is 0. The maximum absolute atomic E-state index is 13.3. The van der Waals surface area contributed by atoms with E-state index < -0.39 is 0 Å². The van der Waals surface area contributed by atoms with Crippen molar-refractivity contribution in [1.82, 2.24) is 10.9 Å². The van der Waals surface area contributed by atoms with Gasteiger partial charge in [0.25, 0.3) is 0 Å². The van der Waals surface area contributed by atoms with Gasteiger partial charge in [-0.3, -0.25) is 0 Å². The standard InChI is InChI=1S/C12H18FN3S/c1-8(2)7-12(16-15-11(14)17-12)9-4-3-5-10(13)6-9/h3-6,8,11,15-16H,7,14H2,1-2H3. The van der Waals surface area contributed by atoms with E-state index in [2.05, 4.69) is 24.7 Å². The van der Waals surface area contributed by atoms with Crippen LogP contribution in [0.5, 0.6) is 0 Å². The molecule has 94 valence electrons. The first-order chi connectivity index (χ1) is 8.02. The number of nitrogens with one attached hydrogen (secondary N) is 2. The summed E-state index contributed by atoms with van der Waals surface area (Å²) in [5.41, 5.74) is 12.8. The summed E-state index contributed by atoms with van der Waals surface area (Å²) in [4.78, 5) is -0.338. The normalized spacial score (nSPS) is 28.9. The average Bonchev–Trinajstić information content (AvgIpc) is 2.60. The third kappa shape index (κ3) is 2.80. The number of nitrogens with two attached hydrogens (primary N) is 1. The Morgan fingerprint density at radius 3 is 2.82 bits per heavy atom. The first-order valence-corrected chi connectivity index (χ1v) is 6.62. The van der Waals surface area contributed by atoms with Crippen molar-refractivity contribution in [3.8, 4) is 0 Å². The Hall–Kier alpha value is -0.620. The van der Waals surface area contributed by atoms with Gasteiger partial charge < -0.3 is 5.73 Å². The minimum absolute atomic E-state index is 0.169. The fraction of sp³-hybridized carbons (Fsp3) is 0.500. The van der Waals surface area contributed by atoms with Crippen molar-refractivity contribution in [3.05, 3.63) is 35.6 Å². The predicted octanol–water partition coefficient (Wildman–Crippen LogP) is 2.11. The van der Waals surface area contributed by atoms with Crippen LogP contribution in [0.4, 0.5) is 4.39 Å². The summed E-state index contributed by atoms with van der Waals surface area (Å²) < 4.78 is 13.3. The van der Waals surface area contributed by atoms with Crippen LogP contribution in [0, 0.1) is 11.7 Å². The van der Waals surface area contributed by atoms with E-state index in [1.54, 1.807) is 23.9 Å². The summed E-state index contributed by atoms with van der Waals surface area (Å²) in [6, 6.07) is 6.70. The van der Waals surface area contributed by atoms with Crippen LogP contribution in [0.3, 0.4) is 0 Å². The van der Waals surface area contributed by atoms with Crippen molar-refractivity contribution in [2.24, 2.45) is 11.7 Å². The molecule has 1 heterocycles. The highest BCUT2D eigenvalue weighted by Gasteiger charge is 2.40. The topological polar surface area (TPSA) is 50.1 Å². The van der Waals surface area contributed by atoms with Crippen LogP contribution >= 0.6 is 11.8 Å². The second kappa shape index (κ2) is 4.94. The highest BCUT2D eigenvalue weighted by atomic mass is 32.2. The quantitative estimate of drug-likeness (QED) is 0.774. The maximum Gasteiger partial charge on any atom is 0.123 e. The summed E-state index contributed by atoms with van der Waals surface area (Å²) in [5.74, 6) is 0.277. The van der Waals surface area contributed by atoms with Crippen molar-refractivity contribution < 1.29 is 4.39 Å². The minimum atomic E-state index is -0.338. The van der Waals surface area contributed by atoms with E-state index in [1.165, 1.54) is 6.07 Å². The molecule has 5 heteroatoms. The molecule has 4 N–H and O–H groups in total. The molecular formula is C12H18FN3S. The van der Waals surface area contributed by atoms with Gasteiger partial charge in [-0.2, -0.15) is 0 Å². The van der Waals surface area contributed by atoms with Crippen molar-refractivity contribution >= 4 is 11.8 Å². The summed E-state index contributed by atoms with van der Waals surface area (Å²) in [6.07, 6.45) is 0.891. The van der Waals surface area contributed by atoms with Gasteiger partial charge in [0.15, 0.2) is 0 Å². The number of thioether (sulfide) groups is 1. The molecule has 2 unspecified atom stereocenters. The first-order valence-electron chi connectivity index (χ1n) is 5.74. The van der Waals surface area contributed by atoms with Crippen LogP contribution in [0.1, 0.15) is 25.8 Å². The molecular weight excluding hydrogens is 237 g/mol. The second-order valence-corrected chi connectivity index (χ2v) is 6.18. The van der Waals surface area contributed by atoms with Gasteiger partial charge >= 0.3 is 0 Å². The number of halogens is 1. The Kier molecular flexibility index (Phi) is 3.73. The van der Waals surface area contributed by atoms with Gasteiger partial charge in [-0.1, -0.05) is 37.7 Å². The molecule has 2 rings (SSSR count). The lowest BCUT2D eigenvalue weighted by atomic mass is 9.96. The minimum Gasteiger partial charge on any atom is -0.306 e. The Labute approximate surface area is 105 Å². The van der Waals surface area contributed by atoms with Gasteiger partial charge in [0, 0.05) is 0 Å². The van der Waals surface area contributed by atoms with Crippen LogP contribution in [-0.2, 0) is 4.87 Å². The molecule has 1 aromatic carbocycles. The van der Waals surface area contributed by atoms with Gasteiger partial charge in [-0.05, 0) is 30.0 Å². The molecule has 1 saturated heterocycles. The molecule has 0 bridgehead atoms. The van der Waals surface area contributed by atoms with E-state index in [4.69, 9.17) is 5.73 Å². The maximum atomic E-state index is 13.3. The SMILES string of the molecule is CC(C)CC1(c2cccc(F)c2)NNC(N)S1. The van der Waals surface area contributed by atoms with Gasteiger partial charge in [0.05, 0.1) is 0 Å². The van der Waals surface area contributed by atoms with Gasteiger partial charge in [-0.25, -0.2) is 15.2 Å². The molecule has 3 nitrogen and oxygen atoms in total. The van der Waals surface area contributed by atoms with E-state index in [9.17, 15) is 4.39 Å². The fourth-order valence-electron chi connectivity index (χ4n) is 2.14. The van der Waals surface area contributed by atoms with E-state index in [1.807, 2.05) is 6.07 Å². The molecule has 0 amide bonds. The zero-order valence-electron chi connectivity index (χ0n) is 10.0. The molecule has 1 aliphatic rings. The van der Waals surface area contributed by atoms with Crippen molar-refractivity contribution in [1.29, 1.82) is 0 Å². The molecule has 0 aromatic heterocycles. The molecule has 0 aliphatic carbocycles. The van der Waals surface area contributed by atoms with Crippen LogP contribution in [0.2, 0.25) is 0 Å². The van der Waals surface area contributed by atoms with Crippen molar-refractivity contribution in [2.75, 3.05) is 0 Å². The lowest BCUT2D eigenvalue weighted by molar-refractivity contribution is 0.365. The molecule has 0 spiro atoms. The van der Waals surface area contributed by atoms with Gasteiger partial charge in [-0.15, -0.1) is 0 Å². The third-order valence-electron chi connectivity index (χ3n) is 2.73. The molecule has 17 heavy (non-hydrogen) atoms. The van der Waals surface area contributed by atoms with Crippen LogP contribution in [-0.4, -0.2) is 5.50 Å². The van der Waals surface area contributed by atoms with Crippen LogP contribution in [0.15, 0.2) is 24.3 Å². The fourth-order valence-corrected chi connectivity index (χ4v) is 3.50. The number of hydrazine groups is 1. The number of hydrogen-bond acceptors (Lipinski definition) is 4. The Bertz CT molecular complexity index is 399. The largest absolute Gasteiger partial charge is 0.306 e. The number of hydrogen-bond donors (Lipinski definition) is 3. The monoisotopic (exact) mass is 255 g/mol. The van der Waals surface area contributed by atoms with Crippen LogP contribution in [0.25, 0.3) is 0 Å². The molecule has 0 saturated carbocycles. The Balaban J connectivity index is 2.33. The van der Waals surface area contributed by atoms with Crippen LogP contribution < -0.4 is 16.6 Å². The number of benzene rings is 1. The van der Waals surface area contributed by atoms with E-state index >= 15 is 0 Å². The van der Waals surface area contributed by atoms with E-state index in [-0.39, 0.29) is 16.2 Å². The molecule has 1 aliphatic heterocycles. The van der Waals surface area contributed by atoms with Gasteiger partial charge in [0.1, 0.15) is 16.2 Å². The smallest absolute Gasteiger partial charge is 0.123 e. The summed E-state index contributed by atoms with van der Waals surface area (Å²) in [6.45, 7) is 4.29. The van der Waals surface area contributed by atoms with E-state index in [0.29, 0.717) is 5.92 Å². The predicted molar refractivity (Wildman–Crippen MR) is 69.4 cm³/mol. The highest BCUT2D eigenvalue weighted by molar-refractivity contribution is 8.00. The molecule has 1 aromatic rings.